The molecule has 0 heterocycles. The largest absolute Gasteiger partial charge is 0.381 e. The van der Waals surface area contributed by atoms with Crippen LogP contribution in [-0.2, 0) is 4.74 Å². The van der Waals surface area contributed by atoms with E-state index in [0.717, 1.165) is 29.6 Å². The Morgan fingerprint density at radius 3 is 2.36 bits per heavy atom. The molecule has 4 aliphatic rings. The molecular formula is C31H61NO. The van der Waals surface area contributed by atoms with E-state index in [1.165, 1.54) is 84.1 Å². The van der Waals surface area contributed by atoms with Crippen LogP contribution in [-0.4, -0.2) is 20.3 Å². The molecule has 3 fully saturated rings. The van der Waals surface area contributed by atoms with E-state index in [0.29, 0.717) is 16.9 Å². The van der Waals surface area contributed by atoms with Crippen molar-refractivity contribution >= 4 is 0 Å². The normalized spacial score (nSPS) is 38.8. The van der Waals surface area contributed by atoms with Gasteiger partial charge >= 0.3 is 0 Å². The van der Waals surface area contributed by atoms with Gasteiger partial charge in [-0.15, -0.1) is 0 Å². The quantitative estimate of drug-likeness (QED) is 0.315. The van der Waals surface area contributed by atoms with Crippen molar-refractivity contribution in [3.8, 4) is 0 Å². The van der Waals surface area contributed by atoms with Crippen LogP contribution in [0.15, 0.2) is 11.6 Å². The number of hydrogen-bond donors (Lipinski definition) is 1. The number of allylic oxidation sites excluding steroid dienone is 1. The van der Waals surface area contributed by atoms with Gasteiger partial charge in [0, 0.05) is 7.11 Å². The number of methoxy groups -OCH3 is 1. The van der Waals surface area contributed by atoms with Crippen molar-refractivity contribution in [1.29, 1.82) is 0 Å². The lowest BCUT2D eigenvalue weighted by molar-refractivity contribution is -0.0776. The molecule has 4 aliphatic carbocycles. The lowest BCUT2D eigenvalue weighted by Gasteiger charge is -2.61. The summed E-state index contributed by atoms with van der Waals surface area (Å²) >= 11 is 0. The number of ether oxygens (including phenoxy) is 1. The predicted molar refractivity (Wildman–Crippen MR) is 147 cm³/mol. The Bertz CT molecular complexity index is 583. The standard InChI is InChI=1S/C27H46O.C2H6.CH5N.CH4/c1-19(2)8-6-7-9-20-10-12-24-23(20)11-13-25-26(3)17-15-22(28-5)18-21(26)14-16-27(24,25)4;2*1-2;/h14,19-20,22-25H,6-13,15-18H2,1-5H3;1-2H3;2H2,1H3;1H4. The summed E-state index contributed by atoms with van der Waals surface area (Å²) in [5.41, 5.74) is 7.28. The van der Waals surface area contributed by atoms with Crippen LogP contribution >= 0.6 is 0 Å². The highest BCUT2D eigenvalue weighted by atomic mass is 16.5. The zero-order chi connectivity index (χ0) is 23.9. The number of hydrogen-bond acceptors (Lipinski definition) is 2. The molecule has 4 rings (SSSR count). The highest BCUT2D eigenvalue weighted by molar-refractivity contribution is 5.27. The number of rotatable bonds is 6. The van der Waals surface area contributed by atoms with Crippen molar-refractivity contribution in [3.05, 3.63) is 11.6 Å². The molecule has 0 bridgehead atoms. The van der Waals surface area contributed by atoms with Gasteiger partial charge in [0.15, 0.2) is 0 Å². The summed E-state index contributed by atoms with van der Waals surface area (Å²) in [7, 11) is 3.41. The molecule has 0 aromatic rings. The average molecular weight is 464 g/mol. The van der Waals surface area contributed by atoms with E-state index in [2.05, 4.69) is 39.5 Å². The van der Waals surface area contributed by atoms with Gasteiger partial charge in [0.05, 0.1) is 6.10 Å². The lowest BCUT2D eigenvalue weighted by Crippen LogP contribution is -2.53. The van der Waals surface area contributed by atoms with Crippen LogP contribution in [0.2, 0.25) is 0 Å². The Morgan fingerprint density at radius 1 is 1.03 bits per heavy atom. The number of fused-ring (bicyclic) bond motifs is 5. The monoisotopic (exact) mass is 463 g/mol. The molecule has 33 heavy (non-hydrogen) atoms. The van der Waals surface area contributed by atoms with Crippen LogP contribution in [0, 0.1) is 40.4 Å². The summed E-state index contributed by atoms with van der Waals surface area (Å²) < 4.78 is 5.75. The molecule has 7 unspecified atom stereocenters. The number of nitrogens with two attached hydrogens (primary N) is 1. The predicted octanol–water partition coefficient (Wildman–Crippen LogP) is 9.03. The van der Waals surface area contributed by atoms with Gasteiger partial charge in [-0.2, -0.15) is 0 Å². The van der Waals surface area contributed by atoms with Crippen molar-refractivity contribution in [3.63, 3.8) is 0 Å². The molecule has 2 nitrogen and oxygen atoms in total. The van der Waals surface area contributed by atoms with E-state index in [9.17, 15) is 0 Å². The first kappa shape index (κ1) is 30.7. The highest BCUT2D eigenvalue weighted by Gasteiger charge is 2.59. The van der Waals surface area contributed by atoms with Gasteiger partial charge in [-0.3, -0.25) is 0 Å². The van der Waals surface area contributed by atoms with Crippen LogP contribution in [0.1, 0.15) is 126 Å². The van der Waals surface area contributed by atoms with Gasteiger partial charge in [-0.05, 0) is 98.8 Å². The van der Waals surface area contributed by atoms with Gasteiger partial charge in [0.25, 0.3) is 0 Å². The Kier molecular flexibility index (Phi) is 12.7. The molecule has 196 valence electrons. The molecule has 0 aliphatic heterocycles. The highest BCUT2D eigenvalue weighted by Crippen LogP contribution is 2.67. The molecule has 2 N–H and O–H groups in total. The van der Waals surface area contributed by atoms with Crippen LogP contribution < -0.4 is 5.73 Å². The molecule has 0 aromatic heterocycles. The van der Waals surface area contributed by atoms with E-state index in [4.69, 9.17) is 4.74 Å². The van der Waals surface area contributed by atoms with Crippen LogP contribution in [0.5, 0.6) is 0 Å². The second kappa shape index (κ2) is 13.7. The maximum atomic E-state index is 5.75. The molecule has 0 radical (unpaired) electrons. The fourth-order valence-corrected chi connectivity index (χ4v) is 8.47. The maximum Gasteiger partial charge on any atom is 0.0608 e. The Labute approximate surface area is 208 Å². The third-order valence-corrected chi connectivity index (χ3v) is 10.1. The Hall–Kier alpha value is -0.340. The van der Waals surface area contributed by atoms with Gasteiger partial charge in [0.2, 0.25) is 0 Å². The van der Waals surface area contributed by atoms with Crippen LogP contribution in [0.3, 0.4) is 0 Å². The molecule has 7 atom stereocenters. The second-order valence-electron chi connectivity index (χ2n) is 11.9. The fraction of sp³-hybridized carbons (Fsp3) is 0.935. The van der Waals surface area contributed by atoms with E-state index in [1.807, 2.05) is 21.0 Å². The topological polar surface area (TPSA) is 35.2 Å². The van der Waals surface area contributed by atoms with E-state index >= 15 is 0 Å². The van der Waals surface area contributed by atoms with Gasteiger partial charge in [-0.1, -0.05) is 86.3 Å². The summed E-state index contributed by atoms with van der Waals surface area (Å²) in [4.78, 5) is 0. The zero-order valence-corrected chi connectivity index (χ0v) is 23.0. The fourth-order valence-electron chi connectivity index (χ4n) is 8.47. The summed E-state index contributed by atoms with van der Waals surface area (Å²) in [5, 5.41) is 0. The minimum absolute atomic E-state index is 0. The average Bonchev–Trinajstić information content (AvgIpc) is 3.23. The smallest absolute Gasteiger partial charge is 0.0608 e. The van der Waals surface area contributed by atoms with Gasteiger partial charge in [-0.25, -0.2) is 0 Å². The summed E-state index contributed by atoms with van der Waals surface area (Å²) in [6.45, 7) is 14.1. The van der Waals surface area contributed by atoms with Crippen molar-refractivity contribution < 1.29 is 4.74 Å². The summed E-state index contributed by atoms with van der Waals surface area (Å²) in [6, 6.07) is 0. The SMILES string of the molecule is C.CC.CN.COC1CCC2(C)C(=CCC3(C)C4CCC(CCCCC(C)C)C4CCC23)C1. The third kappa shape index (κ3) is 6.27. The van der Waals surface area contributed by atoms with Crippen molar-refractivity contribution in [2.45, 2.75) is 132 Å². The second-order valence-corrected chi connectivity index (χ2v) is 11.9. The number of unbranched alkanes of at least 4 members (excludes halogenated alkanes) is 1. The van der Waals surface area contributed by atoms with Crippen molar-refractivity contribution in [2.75, 3.05) is 14.2 Å². The maximum absolute atomic E-state index is 5.75. The molecular weight excluding hydrogens is 402 g/mol. The molecule has 0 saturated heterocycles. The van der Waals surface area contributed by atoms with E-state index < -0.39 is 0 Å². The molecule has 3 saturated carbocycles. The first-order valence-electron chi connectivity index (χ1n) is 14.2. The molecule has 2 heteroatoms. The summed E-state index contributed by atoms with van der Waals surface area (Å²) in [6.07, 6.45) is 20.3. The minimum atomic E-state index is 0. The van der Waals surface area contributed by atoms with Crippen LogP contribution in [0.4, 0.5) is 0 Å². The van der Waals surface area contributed by atoms with Crippen LogP contribution in [0.25, 0.3) is 0 Å². The Balaban J connectivity index is 0.00000103. The molecule has 0 amide bonds. The van der Waals surface area contributed by atoms with Crippen molar-refractivity contribution in [1.82, 2.24) is 0 Å². The Morgan fingerprint density at radius 2 is 1.73 bits per heavy atom. The first-order valence-corrected chi connectivity index (χ1v) is 14.2. The van der Waals surface area contributed by atoms with Gasteiger partial charge < -0.3 is 10.5 Å². The van der Waals surface area contributed by atoms with E-state index in [1.54, 1.807) is 5.57 Å². The third-order valence-electron chi connectivity index (χ3n) is 10.1. The van der Waals surface area contributed by atoms with Crippen molar-refractivity contribution in [2.24, 2.45) is 46.2 Å². The van der Waals surface area contributed by atoms with Gasteiger partial charge in [0.1, 0.15) is 0 Å². The summed E-state index contributed by atoms with van der Waals surface area (Å²) in [5.74, 6) is 4.87. The van der Waals surface area contributed by atoms with E-state index in [-0.39, 0.29) is 7.43 Å². The molecule has 0 aromatic carbocycles. The molecule has 0 spiro atoms. The minimum Gasteiger partial charge on any atom is -0.381 e. The lowest BCUT2D eigenvalue weighted by atomic mass is 9.44. The zero-order valence-electron chi connectivity index (χ0n) is 23.0. The first-order chi connectivity index (χ1) is 15.4.